The molecule has 0 aromatic carbocycles. The number of unbranched alkanes of at least 4 members (excludes halogenated alkanes) is 8. The fraction of sp³-hybridized carbons (Fsp3) is 0.909. The van der Waals surface area contributed by atoms with E-state index in [1.807, 2.05) is 0 Å². The minimum Gasteiger partial charge on any atom is -0.237 e. The van der Waals surface area contributed by atoms with Gasteiger partial charge in [-0.2, -0.15) is 5.26 Å². The van der Waals surface area contributed by atoms with E-state index in [0.29, 0.717) is 6.42 Å². The van der Waals surface area contributed by atoms with Gasteiger partial charge in [0.2, 0.25) is 0 Å². The second-order valence-corrected chi connectivity index (χ2v) is 3.44. The van der Waals surface area contributed by atoms with E-state index in [4.69, 9.17) is 5.26 Å². The molecule has 0 spiro atoms. The summed E-state index contributed by atoms with van der Waals surface area (Å²) in [6.07, 6.45) is 9.87. The second kappa shape index (κ2) is 11.4. The van der Waals surface area contributed by atoms with Crippen LogP contribution in [0.15, 0.2) is 0 Å². The van der Waals surface area contributed by atoms with Gasteiger partial charge in [0.25, 0.3) is 0 Å². The molecule has 2 nitrogen and oxygen atoms in total. The fourth-order valence-corrected chi connectivity index (χ4v) is 1.37. The number of nitriles is 1. The first-order chi connectivity index (χ1) is 6.41. The molecule has 0 N–H and O–H groups in total. The lowest BCUT2D eigenvalue weighted by Gasteiger charge is -1.99. The van der Waals surface area contributed by atoms with Gasteiger partial charge in [-0.1, -0.05) is 38.5 Å². The van der Waals surface area contributed by atoms with Crippen molar-refractivity contribution in [2.45, 2.75) is 57.8 Å². The van der Waals surface area contributed by atoms with Crippen molar-refractivity contribution in [2.24, 2.45) is 0 Å². The third-order valence-electron chi connectivity index (χ3n) is 2.18. The number of nitrogens with zero attached hydrogens (tertiary/aromatic N) is 1. The van der Waals surface area contributed by atoms with Crippen molar-refractivity contribution in [3.05, 3.63) is 0 Å². The Morgan fingerprint density at radius 2 is 1.23 bits per heavy atom. The van der Waals surface area contributed by atoms with Crippen LogP contribution in [0.1, 0.15) is 57.8 Å². The van der Waals surface area contributed by atoms with E-state index in [1.165, 1.54) is 32.1 Å². The highest BCUT2D eigenvalue weighted by atomic mass is 16.2. The smallest absolute Gasteiger partial charge is 0.0822 e. The molecule has 0 aliphatic rings. The minimum absolute atomic E-state index is 0.0855. The molecule has 0 heterocycles. The molecule has 0 aliphatic heterocycles. The molecule has 0 aromatic rings. The van der Waals surface area contributed by atoms with Gasteiger partial charge in [-0.25, -0.2) is 5.11 Å². The molecule has 13 heavy (non-hydrogen) atoms. The molecule has 0 fully saturated rings. The van der Waals surface area contributed by atoms with Gasteiger partial charge in [0, 0.05) is 6.42 Å². The molecule has 0 bridgehead atoms. The van der Waals surface area contributed by atoms with E-state index in [0.717, 1.165) is 19.3 Å². The quantitative estimate of drug-likeness (QED) is 0.503. The Balaban J connectivity index is 2.80. The Labute approximate surface area is 81.6 Å². The van der Waals surface area contributed by atoms with Gasteiger partial charge >= 0.3 is 0 Å². The predicted molar refractivity (Wildman–Crippen MR) is 52.7 cm³/mol. The molecule has 0 rings (SSSR count). The molecule has 0 saturated carbocycles. The van der Waals surface area contributed by atoms with Crippen LogP contribution in [0.2, 0.25) is 0 Å². The zero-order valence-corrected chi connectivity index (χ0v) is 8.43. The second-order valence-electron chi connectivity index (χ2n) is 3.44. The first-order valence-electron chi connectivity index (χ1n) is 5.37. The predicted octanol–water partition coefficient (Wildman–Crippen LogP) is 3.45. The largest absolute Gasteiger partial charge is 0.237 e. The van der Waals surface area contributed by atoms with Gasteiger partial charge in [-0.3, -0.25) is 0 Å². The summed E-state index contributed by atoms with van der Waals surface area (Å²) < 4.78 is 0. The van der Waals surface area contributed by atoms with Gasteiger partial charge in [-0.15, -0.1) is 0 Å². The van der Waals surface area contributed by atoms with E-state index in [1.54, 1.807) is 0 Å². The monoisotopic (exact) mass is 182 g/mol. The van der Waals surface area contributed by atoms with Gasteiger partial charge in [0.1, 0.15) is 0 Å². The molecule has 0 aromatic heterocycles. The maximum absolute atomic E-state index is 10.1. The molecule has 0 atom stereocenters. The Kier molecular flexibility index (Phi) is 11.0. The topological polar surface area (TPSA) is 43.7 Å². The van der Waals surface area contributed by atoms with Crippen LogP contribution in [-0.2, 0) is 5.11 Å². The molecular weight excluding hydrogens is 162 g/mol. The van der Waals surface area contributed by atoms with Crippen LogP contribution in [0.4, 0.5) is 0 Å². The average molecular weight is 182 g/mol. The zero-order chi connectivity index (χ0) is 9.78. The lowest BCUT2D eigenvalue weighted by Crippen LogP contribution is -1.83. The average Bonchev–Trinajstić information content (AvgIpc) is 2.16. The highest BCUT2D eigenvalue weighted by Gasteiger charge is 1.91. The van der Waals surface area contributed by atoms with Crippen LogP contribution < -0.4 is 0 Å². The molecule has 0 amide bonds. The summed E-state index contributed by atoms with van der Waals surface area (Å²) in [6, 6.07) is 2.15. The van der Waals surface area contributed by atoms with Crippen LogP contribution in [0.25, 0.3) is 0 Å². The summed E-state index contributed by atoms with van der Waals surface area (Å²) in [4.78, 5) is 0. The SMILES string of the molecule is N#CCCCCCCCCCC[O]. The Morgan fingerprint density at radius 3 is 1.69 bits per heavy atom. The first kappa shape index (κ1) is 12.4. The van der Waals surface area contributed by atoms with Crippen LogP contribution >= 0.6 is 0 Å². The molecule has 75 valence electrons. The standard InChI is InChI=1S/C11H20NO/c12-10-8-6-4-2-1-3-5-7-9-11-13/h1-9,11H2. The maximum atomic E-state index is 10.1. The van der Waals surface area contributed by atoms with Crippen molar-refractivity contribution >= 4 is 0 Å². The van der Waals surface area contributed by atoms with E-state index < -0.39 is 0 Å². The third kappa shape index (κ3) is 11.5. The van der Waals surface area contributed by atoms with Crippen molar-refractivity contribution in [3.8, 4) is 6.07 Å². The van der Waals surface area contributed by atoms with Gasteiger partial charge in [-0.05, 0) is 12.8 Å². The number of hydrogen-bond donors (Lipinski definition) is 0. The van der Waals surface area contributed by atoms with Crippen LogP contribution in [0.3, 0.4) is 0 Å². The molecule has 1 radical (unpaired) electrons. The van der Waals surface area contributed by atoms with Crippen molar-refractivity contribution in [1.82, 2.24) is 0 Å². The van der Waals surface area contributed by atoms with Crippen LogP contribution in [0, 0.1) is 11.3 Å². The first-order valence-corrected chi connectivity index (χ1v) is 5.37. The van der Waals surface area contributed by atoms with E-state index >= 15 is 0 Å². The van der Waals surface area contributed by atoms with Crippen molar-refractivity contribution in [2.75, 3.05) is 6.61 Å². The lowest BCUT2D eigenvalue weighted by molar-refractivity contribution is 0.186. The Hall–Kier alpha value is -0.550. The highest BCUT2D eigenvalue weighted by molar-refractivity contribution is 4.67. The summed E-state index contributed by atoms with van der Waals surface area (Å²) in [5, 5.41) is 18.4. The van der Waals surface area contributed by atoms with Crippen molar-refractivity contribution in [1.29, 1.82) is 5.26 Å². The third-order valence-corrected chi connectivity index (χ3v) is 2.18. The molecular formula is C11H20NO. The number of rotatable bonds is 9. The Morgan fingerprint density at radius 1 is 0.769 bits per heavy atom. The van der Waals surface area contributed by atoms with E-state index in [-0.39, 0.29) is 6.61 Å². The summed E-state index contributed by atoms with van der Waals surface area (Å²) in [5.41, 5.74) is 0. The van der Waals surface area contributed by atoms with Crippen molar-refractivity contribution < 1.29 is 5.11 Å². The fourth-order valence-electron chi connectivity index (χ4n) is 1.37. The number of hydrogen-bond acceptors (Lipinski definition) is 1. The van der Waals surface area contributed by atoms with Gasteiger partial charge in [0.15, 0.2) is 0 Å². The molecule has 0 saturated heterocycles. The summed E-state index contributed by atoms with van der Waals surface area (Å²) in [7, 11) is 0. The minimum atomic E-state index is 0.0855. The maximum Gasteiger partial charge on any atom is 0.0822 e. The summed E-state index contributed by atoms with van der Waals surface area (Å²) in [5.74, 6) is 0. The van der Waals surface area contributed by atoms with E-state index in [2.05, 4.69) is 6.07 Å². The van der Waals surface area contributed by atoms with Crippen molar-refractivity contribution in [3.63, 3.8) is 0 Å². The summed E-state index contributed by atoms with van der Waals surface area (Å²) in [6.45, 7) is 0.0855. The molecule has 0 aliphatic carbocycles. The van der Waals surface area contributed by atoms with Gasteiger partial charge < -0.3 is 0 Å². The Bertz CT molecular complexity index is 129. The lowest BCUT2D eigenvalue weighted by atomic mass is 10.1. The molecule has 0 unspecified atom stereocenters. The van der Waals surface area contributed by atoms with Gasteiger partial charge in [0.05, 0.1) is 12.7 Å². The van der Waals surface area contributed by atoms with E-state index in [9.17, 15) is 5.11 Å². The normalized spacial score (nSPS) is 9.85. The highest BCUT2D eigenvalue weighted by Crippen LogP contribution is 2.08. The summed E-state index contributed by atoms with van der Waals surface area (Å²) >= 11 is 0. The molecule has 2 heteroatoms. The zero-order valence-electron chi connectivity index (χ0n) is 8.43. The van der Waals surface area contributed by atoms with Crippen LogP contribution in [0.5, 0.6) is 0 Å². The van der Waals surface area contributed by atoms with Crippen LogP contribution in [-0.4, -0.2) is 6.61 Å².